The molecule has 14 nitrogen and oxygen atoms in total. The molecule has 2 saturated heterocycles. The van der Waals surface area contributed by atoms with Crippen LogP contribution in [0.2, 0.25) is 0 Å². The largest absolute Gasteiger partial charge is 0.497 e. The Hall–Kier alpha value is -3.63. The Morgan fingerprint density at radius 2 is 1.05 bits per heavy atom. The van der Waals surface area contributed by atoms with Gasteiger partial charge in [0.05, 0.1) is 14.2 Å². The second kappa shape index (κ2) is 16.6. The van der Waals surface area contributed by atoms with Crippen molar-refractivity contribution >= 4 is 22.3 Å². The molecule has 41 heavy (non-hydrogen) atoms. The fourth-order valence-electron chi connectivity index (χ4n) is 4.35. The molecule has 4 rings (SSSR count). The van der Waals surface area contributed by atoms with Gasteiger partial charge < -0.3 is 30.7 Å². The maximum atomic E-state index is 8.74. The number of benzene rings is 2. The molecule has 0 saturated carbocycles. The van der Waals surface area contributed by atoms with Gasteiger partial charge in [-0.25, -0.2) is 0 Å². The standard InChI is InChI=1S/2C13H20N4O.H2O4S/c2*1-18-12-4-2-3-11(9-12)10-16-5-7-17(8-6-16)13(14)15;1-5(2,3)4/h2*2-4,9H,5-8,10H2,1H3,(H3,14,15);(H2,1,2,3,4). The van der Waals surface area contributed by atoms with E-state index in [0.29, 0.717) is 0 Å². The molecule has 0 unspecified atom stereocenters. The minimum atomic E-state index is -4.67. The highest BCUT2D eigenvalue weighted by molar-refractivity contribution is 7.79. The van der Waals surface area contributed by atoms with E-state index < -0.39 is 10.4 Å². The highest BCUT2D eigenvalue weighted by Gasteiger charge is 2.18. The maximum Gasteiger partial charge on any atom is 0.394 e. The van der Waals surface area contributed by atoms with Crippen LogP contribution in [0.5, 0.6) is 11.5 Å². The van der Waals surface area contributed by atoms with Crippen LogP contribution in [0, 0.1) is 10.8 Å². The van der Waals surface area contributed by atoms with Crippen molar-refractivity contribution in [1.29, 1.82) is 10.8 Å². The van der Waals surface area contributed by atoms with Gasteiger partial charge in [-0.3, -0.25) is 29.7 Å². The average molecular weight is 595 g/mol. The number of hydrogen-bond donors (Lipinski definition) is 6. The van der Waals surface area contributed by atoms with Crippen LogP contribution in [-0.4, -0.2) is 116 Å². The van der Waals surface area contributed by atoms with Crippen LogP contribution in [0.15, 0.2) is 48.5 Å². The van der Waals surface area contributed by atoms with Gasteiger partial charge in [-0.15, -0.1) is 0 Å². The molecule has 2 heterocycles. The van der Waals surface area contributed by atoms with Gasteiger partial charge in [0.25, 0.3) is 0 Å². The number of nitrogens with zero attached hydrogens (tertiary/aromatic N) is 4. The molecular weight excluding hydrogens is 552 g/mol. The fraction of sp³-hybridized carbons (Fsp3) is 0.462. The molecule has 2 aromatic rings. The Morgan fingerprint density at radius 3 is 1.32 bits per heavy atom. The van der Waals surface area contributed by atoms with E-state index in [2.05, 4.69) is 34.1 Å². The SMILES string of the molecule is COc1cccc(CN2CCN(C(=N)N)CC2)c1.COc1cccc(CN2CCN(C(=N)N)CC2)c1.O=S(=O)(O)O. The van der Waals surface area contributed by atoms with Gasteiger partial charge in [0.1, 0.15) is 11.5 Å². The molecule has 2 fully saturated rings. The fourth-order valence-corrected chi connectivity index (χ4v) is 4.35. The zero-order valence-corrected chi connectivity index (χ0v) is 24.4. The molecular formula is C26H42N8O6S. The topological polar surface area (TPSA) is 206 Å². The molecule has 0 amide bonds. The van der Waals surface area contributed by atoms with Gasteiger partial charge >= 0.3 is 10.4 Å². The number of ether oxygens (including phenoxy) is 2. The Labute approximate surface area is 242 Å². The minimum Gasteiger partial charge on any atom is -0.497 e. The zero-order valence-electron chi connectivity index (χ0n) is 23.6. The lowest BCUT2D eigenvalue weighted by molar-refractivity contribution is 0.174. The molecule has 2 aliphatic rings. The lowest BCUT2D eigenvalue weighted by Gasteiger charge is -2.34. The van der Waals surface area contributed by atoms with Crippen LogP contribution in [-0.2, 0) is 23.5 Å². The van der Waals surface area contributed by atoms with Crippen molar-refractivity contribution in [3.8, 4) is 11.5 Å². The number of guanidine groups is 2. The molecule has 2 aromatic carbocycles. The quantitative estimate of drug-likeness (QED) is 0.156. The van der Waals surface area contributed by atoms with Crippen molar-refractivity contribution in [1.82, 2.24) is 19.6 Å². The maximum absolute atomic E-state index is 8.74. The first-order chi connectivity index (χ1) is 19.4. The van der Waals surface area contributed by atoms with Gasteiger partial charge in [-0.1, -0.05) is 24.3 Å². The van der Waals surface area contributed by atoms with E-state index in [9.17, 15) is 0 Å². The van der Waals surface area contributed by atoms with Gasteiger partial charge in [0.2, 0.25) is 0 Å². The zero-order chi connectivity index (χ0) is 30.4. The van der Waals surface area contributed by atoms with E-state index in [-0.39, 0.29) is 11.9 Å². The summed E-state index contributed by atoms with van der Waals surface area (Å²) >= 11 is 0. The van der Waals surface area contributed by atoms with Crippen molar-refractivity contribution in [3.05, 3.63) is 59.7 Å². The summed E-state index contributed by atoms with van der Waals surface area (Å²) in [5.74, 6) is 2.15. The summed E-state index contributed by atoms with van der Waals surface area (Å²) < 4.78 is 42.0. The lowest BCUT2D eigenvalue weighted by Crippen LogP contribution is -2.50. The second-order valence-electron chi connectivity index (χ2n) is 9.45. The van der Waals surface area contributed by atoms with Gasteiger partial charge in [-0.05, 0) is 35.4 Å². The van der Waals surface area contributed by atoms with Crippen LogP contribution < -0.4 is 20.9 Å². The summed E-state index contributed by atoms with van der Waals surface area (Å²) in [4.78, 5) is 8.55. The molecule has 0 aromatic heterocycles. The first kappa shape index (κ1) is 33.6. The average Bonchev–Trinajstić information content (AvgIpc) is 2.93. The van der Waals surface area contributed by atoms with E-state index in [0.717, 1.165) is 76.9 Å². The summed E-state index contributed by atoms with van der Waals surface area (Å²) in [5, 5.41) is 14.8. The van der Waals surface area contributed by atoms with Gasteiger partial charge in [-0.2, -0.15) is 8.42 Å². The van der Waals surface area contributed by atoms with Crippen molar-refractivity contribution in [3.63, 3.8) is 0 Å². The second-order valence-corrected chi connectivity index (χ2v) is 10.3. The van der Waals surface area contributed by atoms with Crippen LogP contribution in [0.4, 0.5) is 0 Å². The Bertz CT molecular complexity index is 1130. The molecule has 8 N–H and O–H groups in total. The summed E-state index contributed by atoms with van der Waals surface area (Å²) in [6, 6.07) is 16.3. The molecule has 228 valence electrons. The first-order valence-corrected chi connectivity index (χ1v) is 14.4. The summed E-state index contributed by atoms with van der Waals surface area (Å²) in [5.41, 5.74) is 13.5. The molecule has 0 radical (unpaired) electrons. The lowest BCUT2D eigenvalue weighted by atomic mass is 10.2. The monoisotopic (exact) mass is 594 g/mol. The van der Waals surface area contributed by atoms with Crippen LogP contribution in [0.25, 0.3) is 0 Å². The van der Waals surface area contributed by atoms with Gasteiger partial charge in [0.15, 0.2) is 11.9 Å². The number of methoxy groups -OCH3 is 2. The predicted octanol–water partition coefficient (Wildman–Crippen LogP) is 0.760. The Kier molecular flexibility index (Phi) is 13.6. The van der Waals surface area contributed by atoms with E-state index in [1.54, 1.807) is 14.2 Å². The third kappa shape index (κ3) is 13.5. The van der Waals surface area contributed by atoms with Crippen LogP contribution >= 0.6 is 0 Å². The summed E-state index contributed by atoms with van der Waals surface area (Å²) in [6.45, 7) is 8.93. The van der Waals surface area contributed by atoms with Crippen molar-refractivity contribution in [2.45, 2.75) is 13.1 Å². The number of nitrogens with one attached hydrogen (secondary N) is 2. The smallest absolute Gasteiger partial charge is 0.394 e. The summed E-state index contributed by atoms with van der Waals surface area (Å²) in [7, 11) is -1.30. The van der Waals surface area contributed by atoms with Crippen molar-refractivity contribution in [2.75, 3.05) is 66.6 Å². The van der Waals surface area contributed by atoms with Gasteiger partial charge in [0, 0.05) is 65.4 Å². The molecule has 15 heteroatoms. The Morgan fingerprint density at radius 1 is 0.732 bits per heavy atom. The number of hydrogen-bond acceptors (Lipinski definition) is 8. The third-order valence-electron chi connectivity index (χ3n) is 6.51. The van der Waals surface area contributed by atoms with Crippen molar-refractivity contribution < 1.29 is 27.0 Å². The van der Waals surface area contributed by atoms with Crippen molar-refractivity contribution in [2.24, 2.45) is 11.5 Å². The molecule has 0 aliphatic carbocycles. The van der Waals surface area contributed by atoms with E-state index in [1.807, 2.05) is 34.1 Å². The highest BCUT2D eigenvalue weighted by Crippen LogP contribution is 2.16. The number of nitrogens with two attached hydrogens (primary N) is 2. The van der Waals surface area contributed by atoms with Crippen LogP contribution in [0.3, 0.4) is 0 Å². The molecule has 2 aliphatic heterocycles. The summed E-state index contributed by atoms with van der Waals surface area (Å²) in [6.07, 6.45) is 0. The van der Waals surface area contributed by atoms with E-state index in [1.165, 1.54) is 11.1 Å². The minimum absolute atomic E-state index is 0.177. The Balaban J connectivity index is 0.000000247. The number of rotatable bonds is 6. The van der Waals surface area contributed by atoms with E-state index >= 15 is 0 Å². The molecule has 0 bridgehead atoms. The van der Waals surface area contributed by atoms with Crippen LogP contribution in [0.1, 0.15) is 11.1 Å². The molecule has 0 atom stereocenters. The normalized spacial score (nSPS) is 16.0. The highest BCUT2D eigenvalue weighted by atomic mass is 32.3. The van der Waals surface area contributed by atoms with E-state index in [4.69, 9.17) is 49.3 Å². The third-order valence-corrected chi connectivity index (χ3v) is 6.51. The predicted molar refractivity (Wildman–Crippen MR) is 158 cm³/mol. The molecule has 0 spiro atoms. The first-order valence-electron chi connectivity index (χ1n) is 13.0. The number of piperazine rings is 2.